The molecule has 7 aromatic carbocycles. The smallest absolute Gasteiger partial charge is 0.0625 e. The van der Waals surface area contributed by atoms with Crippen LogP contribution in [0.2, 0.25) is 0 Å². The Labute approximate surface area is 258 Å². The average molecular weight is 562 g/mol. The third-order valence-corrected chi connectivity index (χ3v) is 9.76. The van der Waals surface area contributed by atoms with Gasteiger partial charge in [-0.15, -0.1) is 0 Å². The van der Waals surface area contributed by atoms with Crippen molar-refractivity contribution in [2.75, 3.05) is 4.90 Å². The zero-order chi connectivity index (χ0) is 29.4. The molecule has 0 atom stereocenters. The molecular weight excluding hydrogens is 530 g/mol. The molecule has 0 aliphatic heterocycles. The number of nitrogens with zero attached hydrogens (tertiary/aromatic N) is 1. The van der Waals surface area contributed by atoms with Crippen LogP contribution in [0.4, 0.5) is 17.1 Å². The number of benzene rings is 7. The van der Waals surface area contributed by atoms with E-state index in [1.165, 1.54) is 77.8 Å². The standard InChI is InChI=1S/C43H31N/c1-43(2)38-21-11-10-18-34(38)36-20-12-22-39(41(36)43)44(31-25-23-29(24-26-31)28-13-4-3-5-14-28)42-32-16-7-6-15-30(32)27-37-33-17-8-9-19-35(33)40(37)42/h3-27H,1-2H3. The molecule has 7 aromatic rings. The van der Waals surface area contributed by atoms with Crippen molar-refractivity contribution in [1.29, 1.82) is 0 Å². The van der Waals surface area contributed by atoms with E-state index in [2.05, 4.69) is 170 Å². The Hall–Kier alpha value is -5.40. The number of hydrogen-bond acceptors (Lipinski definition) is 1. The van der Waals surface area contributed by atoms with E-state index in [-0.39, 0.29) is 5.41 Å². The molecule has 0 N–H and O–H groups in total. The van der Waals surface area contributed by atoms with Crippen LogP contribution in [-0.2, 0) is 5.41 Å². The minimum Gasteiger partial charge on any atom is -0.309 e. The number of rotatable bonds is 4. The Morgan fingerprint density at radius 1 is 0.477 bits per heavy atom. The monoisotopic (exact) mass is 561 g/mol. The maximum absolute atomic E-state index is 2.55. The highest BCUT2D eigenvalue weighted by Crippen LogP contribution is 2.59. The molecule has 208 valence electrons. The van der Waals surface area contributed by atoms with Gasteiger partial charge in [0.2, 0.25) is 0 Å². The first kappa shape index (κ1) is 25.1. The largest absolute Gasteiger partial charge is 0.309 e. The summed E-state index contributed by atoms with van der Waals surface area (Å²) in [5, 5.41) is 2.52. The maximum Gasteiger partial charge on any atom is 0.0625 e. The maximum atomic E-state index is 2.55. The zero-order valence-electron chi connectivity index (χ0n) is 24.9. The van der Waals surface area contributed by atoms with Crippen LogP contribution in [-0.4, -0.2) is 0 Å². The molecule has 44 heavy (non-hydrogen) atoms. The molecule has 2 aliphatic rings. The van der Waals surface area contributed by atoms with E-state index < -0.39 is 0 Å². The van der Waals surface area contributed by atoms with Crippen molar-refractivity contribution in [3.05, 3.63) is 163 Å². The molecule has 0 saturated carbocycles. The van der Waals surface area contributed by atoms with Crippen molar-refractivity contribution in [1.82, 2.24) is 0 Å². The summed E-state index contributed by atoms with van der Waals surface area (Å²) in [6.07, 6.45) is 0. The average Bonchev–Trinajstić information content (AvgIpc) is 3.31. The molecule has 0 heterocycles. The van der Waals surface area contributed by atoms with Gasteiger partial charge >= 0.3 is 0 Å². The topological polar surface area (TPSA) is 3.24 Å². The van der Waals surface area contributed by atoms with Gasteiger partial charge < -0.3 is 4.90 Å². The summed E-state index contributed by atoms with van der Waals surface area (Å²) >= 11 is 0. The fraction of sp³-hybridized carbons (Fsp3) is 0.0698. The molecule has 0 saturated heterocycles. The van der Waals surface area contributed by atoms with Crippen LogP contribution >= 0.6 is 0 Å². The van der Waals surface area contributed by atoms with Crippen molar-refractivity contribution in [2.24, 2.45) is 0 Å². The van der Waals surface area contributed by atoms with Gasteiger partial charge in [0.15, 0.2) is 0 Å². The van der Waals surface area contributed by atoms with Crippen LogP contribution in [0, 0.1) is 0 Å². The molecule has 0 radical (unpaired) electrons. The normalized spacial score (nSPS) is 13.4. The van der Waals surface area contributed by atoms with Gasteiger partial charge in [0.25, 0.3) is 0 Å². The third-order valence-electron chi connectivity index (χ3n) is 9.76. The first-order valence-electron chi connectivity index (χ1n) is 15.5. The second-order valence-electron chi connectivity index (χ2n) is 12.5. The summed E-state index contributed by atoms with van der Waals surface area (Å²) in [7, 11) is 0. The van der Waals surface area contributed by atoms with Crippen LogP contribution in [0.15, 0.2) is 152 Å². The van der Waals surface area contributed by atoms with Crippen LogP contribution < -0.4 is 4.90 Å². The second kappa shape index (κ2) is 9.30. The Bertz CT molecular complexity index is 2240. The van der Waals surface area contributed by atoms with Crippen molar-refractivity contribution in [3.63, 3.8) is 0 Å². The fourth-order valence-corrected chi connectivity index (χ4v) is 7.75. The Kier molecular flexibility index (Phi) is 5.31. The van der Waals surface area contributed by atoms with Crippen LogP contribution in [0.3, 0.4) is 0 Å². The van der Waals surface area contributed by atoms with Crippen LogP contribution in [0.1, 0.15) is 25.0 Å². The SMILES string of the molecule is CC1(C)c2ccccc2-c2cccc(N(c3ccc(-c4ccccc4)cc3)c3c4c(cc5ccccc35)-c3ccccc3-4)c21. The molecule has 1 nitrogen and oxygen atoms in total. The molecule has 0 unspecified atom stereocenters. The van der Waals surface area contributed by atoms with Crippen molar-refractivity contribution in [2.45, 2.75) is 19.3 Å². The Balaban J connectivity index is 1.36. The predicted octanol–water partition coefficient (Wildman–Crippen LogP) is 11.9. The van der Waals surface area contributed by atoms with Gasteiger partial charge in [-0.25, -0.2) is 0 Å². The molecule has 0 spiro atoms. The van der Waals surface area contributed by atoms with E-state index in [0.717, 1.165) is 5.69 Å². The minimum atomic E-state index is -0.152. The summed E-state index contributed by atoms with van der Waals surface area (Å²) in [6, 6.07) is 55.7. The molecule has 1 heteroatoms. The minimum absolute atomic E-state index is 0.152. The lowest BCUT2D eigenvalue weighted by atomic mass is 9.77. The molecule has 0 aromatic heterocycles. The third kappa shape index (κ3) is 3.47. The van der Waals surface area contributed by atoms with E-state index in [9.17, 15) is 0 Å². The summed E-state index contributed by atoms with van der Waals surface area (Å²) in [5.74, 6) is 0. The summed E-state index contributed by atoms with van der Waals surface area (Å²) in [4.78, 5) is 2.55. The lowest BCUT2D eigenvalue weighted by Crippen LogP contribution is -2.22. The molecule has 9 rings (SSSR count). The highest BCUT2D eigenvalue weighted by molar-refractivity contribution is 6.19. The van der Waals surface area contributed by atoms with Crippen molar-refractivity contribution >= 4 is 27.8 Å². The van der Waals surface area contributed by atoms with Gasteiger partial charge in [-0.2, -0.15) is 0 Å². The van der Waals surface area contributed by atoms with Crippen molar-refractivity contribution < 1.29 is 0 Å². The van der Waals surface area contributed by atoms with E-state index >= 15 is 0 Å². The summed E-state index contributed by atoms with van der Waals surface area (Å²) in [5.41, 5.74) is 16.7. The summed E-state index contributed by atoms with van der Waals surface area (Å²) in [6.45, 7) is 4.77. The van der Waals surface area contributed by atoms with Gasteiger partial charge in [-0.1, -0.05) is 141 Å². The number of fused-ring (bicyclic) bond motifs is 8. The molecule has 0 bridgehead atoms. The van der Waals surface area contributed by atoms with Gasteiger partial charge in [-0.05, 0) is 79.7 Å². The van der Waals surface area contributed by atoms with Gasteiger partial charge in [0.05, 0.1) is 11.4 Å². The lowest BCUT2D eigenvalue weighted by Gasteiger charge is -2.37. The highest BCUT2D eigenvalue weighted by Gasteiger charge is 2.40. The van der Waals surface area contributed by atoms with Crippen LogP contribution in [0.5, 0.6) is 0 Å². The van der Waals surface area contributed by atoms with Gasteiger partial charge in [0.1, 0.15) is 0 Å². The number of anilines is 3. The first-order chi connectivity index (χ1) is 21.6. The molecule has 0 amide bonds. The fourth-order valence-electron chi connectivity index (χ4n) is 7.75. The van der Waals surface area contributed by atoms with Crippen LogP contribution in [0.25, 0.3) is 55.3 Å². The molecular formula is C43H31N. The Morgan fingerprint density at radius 3 is 1.93 bits per heavy atom. The van der Waals surface area contributed by atoms with E-state index in [1.807, 2.05) is 0 Å². The van der Waals surface area contributed by atoms with Gasteiger partial charge in [-0.3, -0.25) is 0 Å². The summed E-state index contributed by atoms with van der Waals surface area (Å²) < 4.78 is 0. The Morgan fingerprint density at radius 2 is 1.11 bits per heavy atom. The first-order valence-corrected chi connectivity index (χ1v) is 15.5. The van der Waals surface area contributed by atoms with E-state index in [4.69, 9.17) is 0 Å². The van der Waals surface area contributed by atoms with Crippen molar-refractivity contribution in [3.8, 4) is 44.5 Å². The number of hydrogen-bond donors (Lipinski definition) is 0. The molecule has 2 aliphatic carbocycles. The quantitative estimate of drug-likeness (QED) is 0.207. The van der Waals surface area contributed by atoms with E-state index in [1.54, 1.807) is 0 Å². The highest BCUT2D eigenvalue weighted by atomic mass is 15.2. The van der Waals surface area contributed by atoms with E-state index in [0.29, 0.717) is 0 Å². The lowest BCUT2D eigenvalue weighted by molar-refractivity contribution is 0.661. The molecule has 0 fully saturated rings. The predicted molar refractivity (Wildman–Crippen MR) is 186 cm³/mol. The van der Waals surface area contributed by atoms with Gasteiger partial charge in [0, 0.05) is 22.1 Å². The zero-order valence-corrected chi connectivity index (χ0v) is 24.9. The second-order valence-corrected chi connectivity index (χ2v) is 12.5.